The first kappa shape index (κ1) is 16.3. The number of sulfonamides is 1. The summed E-state index contributed by atoms with van der Waals surface area (Å²) in [6, 6.07) is 5.24. The zero-order valence-electron chi connectivity index (χ0n) is 12.9. The highest BCUT2D eigenvalue weighted by atomic mass is 32.2. The number of rotatable bonds is 7. The molecule has 0 unspecified atom stereocenters. The van der Waals surface area contributed by atoms with E-state index in [0.717, 1.165) is 18.4 Å². The molecule has 0 aromatic heterocycles. The standard InChI is InChI=1S/C15H24N2O3S/c1-16-10-13-7-8-15(14(9-13)20-3)21(18,19)17(2)11-12-5-4-6-12/h7-9,12,16H,4-6,10-11H2,1-3H3. The van der Waals surface area contributed by atoms with Gasteiger partial charge in [-0.1, -0.05) is 12.5 Å². The quantitative estimate of drug-likeness (QED) is 0.834. The van der Waals surface area contributed by atoms with E-state index in [-0.39, 0.29) is 4.90 Å². The van der Waals surface area contributed by atoms with Gasteiger partial charge in [0, 0.05) is 20.1 Å². The van der Waals surface area contributed by atoms with Crippen molar-refractivity contribution in [2.24, 2.45) is 5.92 Å². The summed E-state index contributed by atoms with van der Waals surface area (Å²) in [5.74, 6) is 0.905. The summed E-state index contributed by atoms with van der Waals surface area (Å²) in [6.45, 7) is 1.26. The van der Waals surface area contributed by atoms with E-state index in [2.05, 4.69) is 5.32 Å². The second-order valence-corrected chi connectivity index (χ2v) is 7.61. The number of nitrogens with zero attached hydrogens (tertiary/aromatic N) is 1. The highest BCUT2D eigenvalue weighted by molar-refractivity contribution is 7.89. The molecule has 0 atom stereocenters. The maximum Gasteiger partial charge on any atom is 0.246 e. The number of benzene rings is 1. The Morgan fingerprint density at radius 2 is 2.10 bits per heavy atom. The first-order valence-corrected chi connectivity index (χ1v) is 8.71. The Balaban J connectivity index is 2.25. The third-order valence-corrected chi connectivity index (χ3v) is 5.90. The second kappa shape index (κ2) is 6.77. The van der Waals surface area contributed by atoms with Crippen LogP contribution in [0, 0.1) is 5.92 Å². The molecular formula is C15H24N2O3S. The first-order valence-electron chi connectivity index (χ1n) is 7.27. The van der Waals surface area contributed by atoms with Gasteiger partial charge in [-0.3, -0.25) is 0 Å². The lowest BCUT2D eigenvalue weighted by atomic mass is 9.86. The van der Waals surface area contributed by atoms with E-state index in [4.69, 9.17) is 4.74 Å². The molecule has 1 N–H and O–H groups in total. The summed E-state index contributed by atoms with van der Waals surface area (Å²) in [6.07, 6.45) is 3.46. The van der Waals surface area contributed by atoms with E-state index in [0.29, 0.717) is 24.8 Å². The van der Waals surface area contributed by atoms with Crippen molar-refractivity contribution in [1.82, 2.24) is 9.62 Å². The van der Waals surface area contributed by atoms with Crippen molar-refractivity contribution in [2.75, 3.05) is 27.7 Å². The van der Waals surface area contributed by atoms with Gasteiger partial charge >= 0.3 is 0 Å². The fraction of sp³-hybridized carbons (Fsp3) is 0.600. The maximum atomic E-state index is 12.7. The topological polar surface area (TPSA) is 58.6 Å². The molecule has 0 aliphatic heterocycles. The molecule has 0 bridgehead atoms. The minimum Gasteiger partial charge on any atom is -0.495 e. The lowest BCUT2D eigenvalue weighted by molar-refractivity contribution is 0.262. The van der Waals surface area contributed by atoms with Crippen LogP contribution in [0.4, 0.5) is 0 Å². The number of hydrogen-bond donors (Lipinski definition) is 1. The molecule has 1 aliphatic rings. The van der Waals surface area contributed by atoms with Crippen LogP contribution in [-0.2, 0) is 16.6 Å². The monoisotopic (exact) mass is 312 g/mol. The third kappa shape index (κ3) is 3.56. The molecule has 21 heavy (non-hydrogen) atoms. The van der Waals surface area contributed by atoms with Gasteiger partial charge in [-0.05, 0) is 43.5 Å². The Morgan fingerprint density at radius 1 is 1.38 bits per heavy atom. The largest absolute Gasteiger partial charge is 0.495 e. The molecule has 5 nitrogen and oxygen atoms in total. The minimum atomic E-state index is -3.50. The molecule has 0 radical (unpaired) electrons. The summed E-state index contributed by atoms with van der Waals surface area (Å²) in [7, 11) is 1.50. The Morgan fingerprint density at radius 3 is 2.62 bits per heavy atom. The van der Waals surface area contributed by atoms with Crippen molar-refractivity contribution in [3.63, 3.8) is 0 Å². The molecule has 1 aromatic rings. The van der Waals surface area contributed by atoms with Crippen molar-refractivity contribution >= 4 is 10.0 Å². The molecule has 0 heterocycles. The molecule has 1 fully saturated rings. The minimum absolute atomic E-state index is 0.242. The van der Waals surface area contributed by atoms with Gasteiger partial charge in [0.2, 0.25) is 10.0 Å². The summed E-state index contributed by atoms with van der Waals surface area (Å²) >= 11 is 0. The summed E-state index contributed by atoms with van der Waals surface area (Å²) in [5, 5.41) is 3.04. The van der Waals surface area contributed by atoms with Gasteiger partial charge in [0.05, 0.1) is 7.11 Å². The third-order valence-electron chi connectivity index (χ3n) is 4.04. The summed E-state index contributed by atoms with van der Waals surface area (Å²) in [4.78, 5) is 0.242. The number of hydrogen-bond acceptors (Lipinski definition) is 4. The number of ether oxygens (including phenoxy) is 1. The van der Waals surface area contributed by atoms with E-state index in [1.165, 1.54) is 17.8 Å². The van der Waals surface area contributed by atoms with Gasteiger partial charge in [0.25, 0.3) is 0 Å². The maximum absolute atomic E-state index is 12.7. The normalized spacial score (nSPS) is 16.0. The van der Waals surface area contributed by atoms with Gasteiger partial charge in [-0.2, -0.15) is 0 Å². The highest BCUT2D eigenvalue weighted by Gasteiger charge is 2.29. The van der Waals surface area contributed by atoms with E-state index >= 15 is 0 Å². The Bertz CT molecular complexity index is 583. The van der Waals surface area contributed by atoms with Gasteiger partial charge in [0.1, 0.15) is 10.6 Å². The molecule has 6 heteroatoms. The molecule has 1 aliphatic carbocycles. The van der Waals surface area contributed by atoms with E-state index in [1.54, 1.807) is 19.2 Å². The van der Waals surface area contributed by atoms with Crippen LogP contribution in [0.2, 0.25) is 0 Å². The van der Waals surface area contributed by atoms with Crippen molar-refractivity contribution in [3.8, 4) is 5.75 Å². The fourth-order valence-electron chi connectivity index (χ4n) is 2.54. The zero-order valence-corrected chi connectivity index (χ0v) is 13.7. The molecular weight excluding hydrogens is 288 g/mol. The van der Waals surface area contributed by atoms with Crippen LogP contribution in [0.15, 0.2) is 23.1 Å². The van der Waals surface area contributed by atoms with E-state index in [9.17, 15) is 8.42 Å². The first-order chi connectivity index (χ1) is 9.98. The highest BCUT2D eigenvalue weighted by Crippen LogP contribution is 2.31. The van der Waals surface area contributed by atoms with Crippen LogP contribution in [-0.4, -0.2) is 40.5 Å². The predicted molar refractivity (Wildman–Crippen MR) is 82.9 cm³/mol. The fourth-order valence-corrected chi connectivity index (χ4v) is 3.92. The molecule has 0 spiro atoms. The van der Waals surface area contributed by atoms with E-state index < -0.39 is 10.0 Å². The zero-order chi connectivity index (χ0) is 15.5. The van der Waals surface area contributed by atoms with Crippen LogP contribution in [0.3, 0.4) is 0 Å². The van der Waals surface area contributed by atoms with Crippen LogP contribution < -0.4 is 10.1 Å². The van der Waals surface area contributed by atoms with Crippen molar-refractivity contribution in [2.45, 2.75) is 30.7 Å². The van der Waals surface area contributed by atoms with Crippen molar-refractivity contribution in [3.05, 3.63) is 23.8 Å². The van der Waals surface area contributed by atoms with Crippen LogP contribution in [0.1, 0.15) is 24.8 Å². The van der Waals surface area contributed by atoms with E-state index in [1.807, 2.05) is 13.1 Å². The van der Waals surface area contributed by atoms with Gasteiger partial charge in [-0.15, -0.1) is 0 Å². The second-order valence-electron chi connectivity index (χ2n) is 5.60. The average Bonchev–Trinajstić information content (AvgIpc) is 2.42. The van der Waals surface area contributed by atoms with Gasteiger partial charge in [0.15, 0.2) is 0 Å². The Labute approximate surface area is 127 Å². The summed E-state index contributed by atoms with van der Waals surface area (Å²) in [5.41, 5.74) is 0.995. The van der Waals surface area contributed by atoms with Crippen molar-refractivity contribution in [1.29, 1.82) is 0 Å². The average molecular weight is 312 g/mol. The Kier molecular flexibility index (Phi) is 5.24. The predicted octanol–water partition coefficient (Wildman–Crippen LogP) is 1.84. The Hall–Kier alpha value is -1.11. The molecule has 0 amide bonds. The number of methoxy groups -OCH3 is 1. The number of nitrogens with one attached hydrogen (secondary N) is 1. The lowest BCUT2D eigenvalue weighted by Gasteiger charge is -2.30. The van der Waals surface area contributed by atoms with Crippen LogP contribution >= 0.6 is 0 Å². The van der Waals surface area contributed by atoms with Crippen LogP contribution in [0.25, 0.3) is 0 Å². The van der Waals surface area contributed by atoms with Crippen LogP contribution in [0.5, 0.6) is 5.75 Å². The molecule has 1 saturated carbocycles. The SMILES string of the molecule is CNCc1ccc(S(=O)(=O)N(C)CC2CCC2)c(OC)c1. The smallest absolute Gasteiger partial charge is 0.246 e. The molecule has 1 aromatic carbocycles. The molecule has 0 saturated heterocycles. The van der Waals surface area contributed by atoms with Crippen molar-refractivity contribution < 1.29 is 13.2 Å². The molecule has 2 rings (SSSR count). The van der Waals surface area contributed by atoms with Gasteiger partial charge in [-0.25, -0.2) is 12.7 Å². The lowest BCUT2D eigenvalue weighted by Crippen LogP contribution is -2.34. The van der Waals surface area contributed by atoms with Gasteiger partial charge < -0.3 is 10.1 Å². The summed E-state index contributed by atoms with van der Waals surface area (Å²) < 4.78 is 32.1. The molecule has 118 valence electrons.